The molecule has 20 heavy (non-hydrogen) atoms. The summed E-state index contributed by atoms with van der Waals surface area (Å²) in [5.74, 6) is 5.30. The number of hydrogen-bond donors (Lipinski definition) is 1. The van der Waals surface area contributed by atoms with E-state index in [4.69, 9.17) is 0 Å². The highest BCUT2D eigenvalue weighted by Gasteiger charge is 2.31. The van der Waals surface area contributed by atoms with Crippen molar-refractivity contribution in [3.8, 4) is 0 Å². The van der Waals surface area contributed by atoms with Gasteiger partial charge in [0.2, 0.25) is 0 Å². The van der Waals surface area contributed by atoms with E-state index in [0.29, 0.717) is 6.04 Å². The molecule has 0 aliphatic carbocycles. The molecular formula is C17H34N2S. The van der Waals surface area contributed by atoms with Gasteiger partial charge in [-0.15, -0.1) is 0 Å². The minimum absolute atomic E-state index is 0.711. The van der Waals surface area contributed by atoms with E-state index in [9.17, 15) is 0 Å². The average molecular weight is 299 g/mol. The fraction of sp³-hybridized carbons (Fsp3) is 1.00. The summed E-state index contributed by atoms with van der Waals surface area (Å²) in [5, 5.41) is 3.80. The highest BCUT2D eigenvalue weighted by Crippen LogP contribution is 2.26. The molecule has 2 heterocycles. The Morgan fingerprint density at radius 2 is 1.85 bits per heavy atom. The zero-order valence-corrected chi connectivity index (χ0v) is 14.7. The Bertz CT molecular complexity index is 274. The molecule has 118 valence electrons. The second kappa shape index (κ2) is 8.05. The highest BCUT2D eigenvalue weighted by atomic mass is 32.2. The Morgan fingerprint density at radius 1 is 1.15 bits per heavy atom. The predicted molar refractivity (Wildman–Crippen MR) is 91.5 cm³/mol. The summed E-state index contributed by atoms with van der Waals surface area (Å²) in [6.07, 6.45) is 4.20. The second-order valence-electron chi connectivity index (χ2n) is 7.56. The van der Waals surface area contributed by atoms with Gasteiger partial charge < -0.3 is 5.32 Å². The molecule has 0 bridgehead atoms. The summed E-state index contributed by atoms with van der Waals surface area (Å²) in [5.41, 5.74) is 0. The SMILES string of the molecule is CC(C)CC1CN(CC2CCSCC2)C(C(C)C)CN1. The highest BCUT2D eigenvalue weighted by molar-refractivity contribution is 7.99. The first-order chi connectivity index (χ1) is 9.56. The fourth-order valence-corrected chi connectivity index (χ4v) is 4.96. The Balaban J connectivity index is 1.91. The number of hydrogen-bond acceptors (Lipinski definition) is 3. The van der Waals surface area contributed by atoms with Crippen molar-refractivity contribution < 1.29 is 0 Å². The first kappa shape index (κ1) is 16.6. The number of nitrogens with one attached hydrogen (secondary N) is 1. The molecule has 2 unspecified atom stereocenters. The monoisotopic (exact) mass is 298 g/mol. The van der Waals surface area contributed by atoms with Gasteiger partial charge in [0, 0.05) is 31.7 Å². The summed E-state index contributed by atoms with van der Waals surface area (Å²) in [7, 11) is 0. The number of piperazine rings is 1. The van der Waals surface area contributed by atoms with Crippen LogP contribution in [0.2, 0.25) is 0 Å². The third-order valence-corrected chi connectivity index (χ3v) is 5.95. The van der Waals surface area contributed by atoms with Crippen molar-refractivity contribution in [2.24, 2.45) is 17.8 Å². The van der Waals surface area contributed by atoms with E-state index in [1.165, 1.54) is 50.4 Å². The van der Waals surface area contributed by atoms with E-state index < -0.39 is 0 Å². The van der Waals surface area contributed by atoms with Crippen LogP contribution in [0.25, 0.3) is 0 Å². The van der Waals surface area contributed by atoms with E-state index in [2.05, 4.69) is 49.7 Å². The minimum Gasteiger partial charge on any atom is -0.311 e. The van der Waals surface area contributed by atoms with Crippen LogP contribution < -0.4 is 5.32 Å². The lowest BCUT2D eigenvalue weighted by molar-refractivity contribution is 0.0745. The quantitative estimate of drug-likeness (QED) is 0.836. The molecule has 2 atom stereocenters. The first-order valence-corrected chi connectivity index (χ1v) is 9.77. The van der Waals surface area contributed by atoms with E-state index in [-0.39, 0.29) is 0 Å². The molecule has 1 N–H and O–H groups in total. The van der Waals surface area contributed by atoms with Crippen molar-refractivity contribution in [3.63, 3.8) is 0 Å². The number of nitrogens with zero attached hydrogens (tertiary/aromatic N) is 1. The largest absolute Gasteiger partial charge is 0.311 e. The van der Waals surface area contributed by atoms with Crippen LogP contribution in [0.4, 0.5) is 0 Å². The summed E-state index contributed by atoms with van der Waals surface area (Å²) in [4.78, 5) is 2.83. The standard InChI is InChI=1S/C17H34N2S/c1-13(2)9-16-12-19(17(10-18-16)14(3)4)11-15-5-7-20-8-6-15/h13-18H,5-12H2,1-4H3. The molecule has 0 spiro atoms. The van der Waals surface area contributed by atoms with E-state index in [0.717, 1.165) is 23.8 Å². The number of rotatable bonds is 5. The van der Waals surface area contributed by atoms with Gasteiger partial charge in [-0.2, -0.15) is 11.8 Å². The van der Waals surface area contributed by atoms with E-state index in [1.807, 2.05) is 0 Å². The Hall–Kier alpha value is 0.270. The van der Waals surface area contributed by atoms with Gasteiger partial charge in [-0.3, -0.25) is 4.90 Å². The van der Waals surface area contributed by atoms with Crippen molar-refractivity contribution in [2.45, 2.75) is 59.0 Å². The van der Waals surface area contributed by atoms with Gasteiger partial charge >= 0.3 is 0 Å². The summed E-state index contributed by atoms with van der Waals surface area (Å²) in [6.45, 7) is 13.3. The smallest absolute Gasteiger partial charge is 0.0244 e. The van der Waals surface area contributed by atoms with Crippen molar-refractivity contribution >= 4 is 11.8 Å². The summed E-state index contributed by atoms with van der Waals surface area (Å²) < 4.78 is 0. The van der Waals surface area contributed by atoms with Crippen molar-refractivity contribution in [2.75, 3.05) is 31.1 Å². The molecule has 2 saturated heterocycles. The van der Waals surface area contributed by atoms with Crippen molar-refractivity contribution in [3.05, 3.63) is 0 Å². The molecule has 0 amide bonds. The Labute approximate surface area is 130 Å². The van der Waals surface area contributed by atoms with Crippen LogP contribution in [0, 0.1) is 17.8 Å². The lowest BCUT2D eigenvalue weighted by atomic mass is 9.92. The van der Waals surface area contributed by atoms with Crippen LogP contribution in [-0.2, 0) is 0 Å². The molecular weight excluding hydrogens is 264 g/mol. The van der Waals surface area contributed by atoms with Crippen molar-refractivity contribution in [1.29, 1.82) is 0 Å². The topological polar surface area (TPSA) is 15.3 Å². The molecule has 2 nitrogen and oxygen atoms in total. The molecule has 0 aromatic carbocycles. The Morgan fingerprint density at radius 3 is 2.45 bits per heavy atom. The predicted octanol–water partition coefficient (Wildman–Crippen LogP) is 3.47. The molecule has 0 saturated carbocycles. The van der Waals surface area contributed by atoms with Gasteiger partial charge in [0.25, 0.3) is 0 Å². The molecule has 0 aromatic rings. The fourth-order valence-electron chi connectivity index (χ4n) is 3.75. The minimum atomic E-state index is 0.711. The van der Waals surface area contributed by atoms with Gasteiger partial charge in [-0.1, -0.05) is 27.7 Å². The maximum atomic E-state index is 3.80. The molecule has 0 radical (unpaired) electrons. The van der Waals surface area contributed by atoms with Gasteiger partial charge in [0.05, 0.1) is 0 Å². The summed E-state index contributed by atoms with van der Waals surface area (Å²) in [6, 6.07) is 1.45. The molecule has 3 heteroatoms. The van der Waals surface area contributed by atoms with Crippen LogP contribution in [0.5, 0.6) is 0 Å². The summed E-state index contributed by atoms with van der Waals surface area (Å²) >= 11 is 2.15. The van der Waals surface area contributed by atoms with Crippen LogP contribution in [0.15, 0.2) is 0 Å². The zero-order valence-electron chi connectivity index (χ0n) is 13.9. The zero-order chi connectivity index (χ0) is 14.5. The van der Waals surface area contributed by atoms with E-state index >= 15 is 0 Å². The van der Waals surface area contributed by atoms with E-state index in [1.54, 1.807) is 0 Å². The molecule has 2 aliphatic heterocycles. The van der Waals surface area contributed by atoms with Gasteiger partial charge in [-0.05, 0) is 48.5 Å². The third kappa shape index (κ3) is 4.92. The lowest BCUT2D eigenvalue weighted by Gasteiger charge is -2.44. The second-order valence-corrected chi connectivity index (χ2v) is 8.78. The van der Waals surface area contributed by atoms with Gasteiger partial charge in [-0.25, -0.2) is 0 Å². The first-order valence-electron chi connectivity index (χ1n) is 8.61. The lowest BCUT2D eigenvalue weighted by Crippen LogP contribution is -2.59. The Kier molecular flexibility index (Phi) is 6.70. The van der Waals surface area contributed by atoms with Crippen LogP contribution in [0.1, 0.15) is 47.0 Å². The van der Waals surface area contributed by atoms with Crippen LogP contribution >= 0.6 is 11.8 Å². The van der Waals surface area contributed by atoms with Crippen LogP contribution in [0.3, 0.4) is 0 Å². The molecule has 2 fully saturated rings. The molecule has 0 aromatic heterocycles. The molecule has 2 rings (SSSR count). The van der Waals surface area contributed by atoms with Gasteiger partial charge in [0.1, 0.15) is 0 Å². The normalized spacial score (nSPS) is 30.3. The van der Waals surface area contributed by atoms with Crippen molar-refractivity contribution in [1.82, 2.24) is 10.2 Å². The average Bonchev–Trinajstić information content (AvgIpc) is 2.39. The number of thioether (sulfide) groups is 1. The maximum Gasteiger partial charge on any atom is 0.0244 e. The third-order valence-electron chi connectivity index (χ3n) is 4.90. The van der Waals surface area contributed by atoms with Crippen LogP contribution in [-0.4, -0.2) is 48.1 Å². The maximum absolute atomic E-state index is 3.80. The van der Waals surface area contributed by atoms with Gasteiger partial charge in [0.15, 0.2) is 0 Å². The molecule has 2 aliphatic rings.